The third-order valence-electron chi connectivity index (χ3n) is 5.11. The fraction of sp³-hybridized carbons (Fsp3) is 0.190. The zero-order valence-electron chi connectivity index (χ0n) is 12.8. The lowest BCUT2D eigenvalue weighted by Crippen LogP contribution is -2.26. The predicted octanol–water partition coefficient (Wildman–Crippen LogP) is 4.76. The van der Waals surface area contributed by atoms with Crippen molar-refractivity contribution >= 4 is 16.9 Å². The monoisotopic (exact) mass is 286 g/mol. The molecule has 2 bridgehead atoms. The summed E-state index contributed by atoms with van der Waals surface area (Å²) in [5.74, 6) is 0.290. The van der Waals surface area contributed by atoms with Crippen molar-refractivity contribution < 1.29 is 4.79 Å². The van der Waals surface area contributed by atoms with Gasteiger partial charge in [0.25, 0.3) is 0 Å². The minimum absolute atomic E-state index is 0.290. The highest BCUT2D eigenvalue weighted by atomic mass is 16.1. The summed E-state index contributed by atoms with van der Waals surface area (Å²) in [4.78, 5) is 13.1. The second-order valence-electron chi connectivity index (χ2n) is 6.55. The summed E-state index contributed by atoms with van der Waals surface area (Å²) in [6.07, 6.45) is 4.17. The number of hydrogen-bond acceptors (Lipinski definition) is 1. The third-order valence-corrected chi connectivity index (χ3v) is 5.11. The molecule has 22 heavy (non-hydrogen) atoms. The Hall–Kier alpha value is -2.41. The maximum atomic E-state index is 13.1. The van der Waals surface area contributed by atoms with E-state index in [9.17, 15) is 4.79 Å². The highest BCUT2D eigenvalue weighted by Gasteiger charge is 2.59. The van der Waals surface area contributed by atoms with Gasteiger partial charge in [-0.3, -0.25) is 4.79 Å². The van der Waals surface area contributed by atoms with Crippen LogP contribution >= 0.6 is 0 Å². The Morgan fingerprint density at radius 3 is 1.36 bits per heavy atom. The minimum atomic E-state index is -0.513. The SMILES string of the molecule is CC12C=CC(C)(C1=O)C(c1ccccc1)=C2c1ccccc1. The van der Waals surface area contributed by atoms with Gasteiger partial charge in [0.2, 0.25) is 0 Å². The first-order valence-electron chi connectivity index (χ1n) is 7.69. The lowest BCUT2D eigenvalue weighted by Gasteiger charge is -2.25. The Bertz CT molecular complexity index is 746. The van der Waals surface area contributed by atoms with Gasteiger partial charge in [-0.25, -0.2) is 0 Å². The average molecular weight is 286 g/mol. The number of hydrogen-bond donors (Lipinski definition) is 0. The van der Waals surface area contributed by atoms with Crippen molar-refractivity contribution in [3.05, 3.63) is 83.9 Å². The molecule has 108 valence electrons. The van der Waals surface area contributed by atoms with Gasteiger partial charge in [0.1, 0.15) is 0 Å². The van der Waals surface area contributed by atoms with Crippen LogP contribution in [0.1, 0.15) is 25.0 Å². The van der Waals surface area contributed by atoms with Gasteiger partial charge in [0.15, 0.2) is 5.78 Å². The Balaban J connectivity index is 2.06. The first-order chi connectivity index (χ1) is 10.6. The third kappa shape index (κ3) is 1.51. The standard InChI is InChI=1S/C21H18O/c1-20-13-14-21(2,19(20)22)18(16-11-7-4-8-12-16)17(20)15-9-5-3-6-10-15/h3-14H,1-2H3. The zero-order chi connectivity index (χ0) is 15.4. The van der Waals surface area contributed by atoms with Gasteiger partial charge < -0.3 is 0 Å². The molecule has 0 N–H and O–H groups in total. The summed E-state index contributed by atoms with van der Waals surface area (Å²) in [5, 5.41) is 0. The molecule has 2 aliphatic carbocycles. The van der Waals surface area contributed by atoms with Gasteiger partial charge in [-0.05, 0) is 36.1 Å². The molecule has 0 spiro atoms. The molecule has 2 aliphatic rings. The van der Waals surface area contributed by atoms with Crippen LogP contribution in [0.3, 0.4) is 0 Å². The quantitative estimate of drug-likeness (QED) is 0.727. The number of allylic oxidation sites excluding steroid dienone is 4. The Morgan fingerprint density at radius 1 is 0.636 bits per heavy atom. The molecule has 0 aromatic heterocycles. The number of rotatable bonds is 2. The smallest absolute Gasteiger partial charge is 0.160 e. The van der Waals surface area contributed by atoms with E-state index < -0.39 is 10.8 Å². The molecule has 0 fully saturated rings. The highest BCUT2D eigenvalue weighted by molar-refractivity contribution is 6.24. The van der Waals surface area contributed by atoms with E-state index in [4.69, 9.17) is 0 Å². The topological polar surface area (TPSA) is 17.1 Å². The van der Waals surface area contributed by atoms with E-state index in [1.165, 1.54) is 0 Å². The lowest BCUT2D eigenvalue weighted by atomic mass is 9.77. The molecule has 0 amide bonds. The first kappa shape index (κ1) is 13.3. The van der Waals surface area contributed by atoms with Crippen LogP contribution in [-0.2, 0) is 4.79 Å². The van der Waals surface area contributed by atoms with Gasteiger partial charge in [-0.2, -0.15) is 0 Å². The summed E-state index contributed by atoms with van der Waals surface area (Å²) in [5.41, 5.74) is 3.59. The zero-order valence-corrected chi connectivity index (χ0v) is 12.8. The molecule has 0 aliphatic heterocycles. The lowest BCUT2D eigenvalue weighted by molar-refractivity contribution is -0.125. The molecule has 0 heterocycles. The van der Waals surface area contributed by atoms with E-state index in [0.717, 1.165) is 22.3 Å². The number of benzene rings is 2. The van der Waals surface area contributed by atoms with Crippen LogP contribution in [0.5, 0.6) is 0 Å². The summed E-state index contributed by atoms with van der Waals surface area (Å²) < 4.78 is 0. The molecule has 2 aromatic carbocycles. The maximum Gasteiger partial charge on any atom is 0.160 e. The van der Waals surface area contributed by atoms with E-state index in [1.54, 1.807) is 0 Å². The van der Waals surface area contributed by atoms with Crippen LogP contribution in [0.2, 0.25) is 0 Å². The summed E-state index contributed by atoms with van der Waals surface area (Å²) in [6, 6.07) is 20.6. The van der Waals surface area contributed by atoms with Crippen molar-refractivity contribution in [2.75, 3.05) is 0 Å². The minimum Gasteiger partial charge on any atom is -0.297 e. The molecular weight excluding hydrogens is 268 g/mol. The van der Waals surface area contributed by atoms with Crippen molar-refractivity contribution in [2.45, 2.75) is 13.8 Å². The molecule has 0 radical (unpaired) electrons. The Morgan fingerprint density at radius 2 is 1.00 bits per heavy atom. The Kier molecular flexibility index (Phi) is 2.59. The number of ketones is 1. The van der Waals surface area contributed by atoms with Gasteiger partial charge in [0, 0.05) is 0 Å². The van der Waals surface area contributed by atoms with Crippen LogP contribution < -0.4 is 0 Å². The van der Waals surface area contributed by atoms with Crippen molar-refractivity contribution in [1.29, 1.82) is 0 Å². The molecule has 4 rings (SSSR count). The van der Waals surface area contributed by atoms with E-state index in [1.807, 2.05) is 36.4 Å². The first-order valence-corrected chi connectivity index (χ1v) is 7.69. The van der Waals surface area contributed by atoms with Crippen LogP contribution in [0.25, 0.3) is 11.1 Å². The second kappa shape index (κ2) is 4.30. The van der Waals surface area contributed by atoms with E-state index in [2.05, 4.69) is 50.3 Å². The fourth-order valence-corrected chi connectivity index (χ4v) is 4.04. The van der Waals surface area contributed by atoms with Crippen LogP contribution in [0, 0.1) is 10.8 Å². The van der Waals surface area contributed by atoms with Crippen LogP contribution in [0.15, 0.2) is 72.8 Å². The molecule has 2 unspecified atom stereocenters. The number of Topliss-reactive ketones (excluding diaryl/α,β-unsaturated/α-hetero) is 1. The van der Waals surface area contributed by atoms with Gasteiger partial charge in [-0.15, -0.1) is 0 Å². The molecule has 0 saturated heterocycles. The highest BCUT2D eigenvalue weighted by Crippen LogP contribution is 2.63. The molecule has 1 heteroatoms. The van der Waals surface area contributed by atoms with Crippen LogP contribution in [-0.4, -0.2) is 5.78 Å². The van der Waals surface area contributed by atoms with Gasteiger partial charge in [-0.1, -0.05) is 72.8 Å². The number of carbonyl (C=O) groups is 1. The average Bonchev–Trinajstić information content (AvgIpc) is 2.89. The maximum absolute atomic E-state index is 13.1. The molecule has 0 saturated carbocycles. The van der Waals surface area contributed by atoms with Gasteiger partial charge >= 0.3 is 0 Å². The molecular formula is C21H18O. The molecule has 2 atom stereocenters. The predicted molar refractivity (Wildman–Crippen MR) is 90.1 cm³/mol. The van der Waals surface area contributed by atoms with E-state index in [0.29, 0.717) is 0 Å². The van der Waals surface area contributed by atoms with E-state index in [-0.39, 0.29) is 5.78 Å². The summed E-state index contributed by atoms with van der Waals surface area (Å²) >= 11 is 0. The fourth-order valence-electron chi connectivity index (χ4n) is 4.04. The van der Waals surface area contributed by atoms with Crippen molar-refractivity contribution in [3.8, 4) is 0 Å². The largest absolute Gasteiger partial charge is 0.297 e. The van der Waals surface area contributed by atoms with Gasteiger partial charge in [0.05, 0.1) is 10.8 Å². The number of fused-ring (bicyclic) bond motifs is 2. The van der Waals surface area contributed by atoms with E-state index >= 15 is 0 Å². The van der Waals surface area contributed by atoms with Crippen LogP contribution in [0.4, 0.5) is 0 Å². The summed E-state index contributed by atoms with van der Waals surface area (Å²) in [6.45, 7) is 4.10. The molecule has 2 aromatic rings. The van der Waals surface area contributed by atoms with Crippen molar-refractivity contribution in [3.63, 3.8) is 0 Å². The Labute approximate surface area is 131 Å². The molecule has 1 nitrogen and oxygen atoms in total. The second-order valence-corrected chi connectivity index (χ2v) is 6.55. The number of carbonyl (C=O) groups excluding carboxylic acids is 1. The summed E-state index contributed by atoms with van der Waals surface area (Å²) in [7, 11) is 0. The van der Waals surface area contributed by atoms with Crippen molar-refractivity contribution in [2.24, 2.45) is 10.8 Å². The normalized spacial score (nSPS) is 29.5. The van der Waals surface area contributed by atoms with Crippen molar-refractivity contribution in [1.82, 2.24) is 0 Å².